The fourth-order valence-corrected chi connectivity index (χ4v) is 2.15. The van der Waals surface area contributed by atoms with Gasteiger partial charge >= 0.3 is 0 Å². The molecule has 0 amide bonds. The molecule has 0 spiro atoms. The summed E-state index contributed by atoms with van der Waals surface area (Å²) in [6.45, 7) is 1.68. The van der Waals surface area contributed by atoms with Crippen LogP contribution in [0.4, 0.5) is 4.39 Å². The van der Waals surface area contributed by atoms with Crippen LogP contribution in [0.1, 0.15) is 11.1 Å². The number of hydrogen-bond acceptors (Lipinski definition) is 3. The normalized spacial score (nSPS) is 11.4. The molecule has 0 saturated carbocycles. The molecule has 0 unspecified atom stereocenters. The second-order valence-electron chi connectivity index (χ2n) is 4.14. The zero-order chi connectivity index (χ0) is 14.7. The predicted molar refractivity (Wildman–Crippen MR) is 77.9 cm³/mol. The van der Waals surface area contributed by atoms with Gasteiger partial charge in [0.25, 0.3) is 0 Å². The number of nitrogens with two attached hydrogens (primary N) is 1. The maximum Gasteiger partial charge on any atom is 0.171 e. The molecule has 0 radical (unpaired) electrons. The number of rotatable bonds is 3. The van der Waals surface area contributed by atoms with E-state index in [0.29, 0.717) is 27.1 Å². The molecular weight excluding hydrogens is 327 g/mol. The van der Waals surface area contributed by atoms with Crippen molar-refractivity contribution in [3.8, 4) is 11.5 Å². The molecule has 20 heavy (non-hydrogen) atoms. The van der Waals surface area contributed by atoms with Crippen LogP contribution in [0.5, 0.6) is 11.5 Å². The summed E-state index contributed by atoms with van der Waals surface area (Å²) < 4.78 is 19.6. The van der Waals surface area contributed by atoms with Crippen LogP contribution in [0.3, 0.4) is 0 Å². The SMILES string of the molecule is Cc1ccc(Oc2ccc(/C(N)=N/O)c(Br)c2)cc1F. The second-order valence-corrected chi connectivity index (χ2v) is 4.99. The highest BCUT2D eigenvalue weighted by Crippen LogP contribution is 2.28. The molecule has 0 saturated heterocycles. The van der Waals surface area contributed by atoms with E-state index in [4.69, 9.17) is 15.7 Å². The summed E-state index contributed by atoms with van der Waals surface area (Å²) >= 11 is 3.30. The predicted octanol–water partition coefficient (Wildman–Crippen LogP) is 3.78. The van der Waals surface area contributed by atoms with Crippen molar-refractivity contribution in [1.82, 2.24) is 0 Å². The molecule has 0 aliphatic carbocycles. The van der Waals surface area contributed by atoms with Crippen LogP contribution < -0.4 is 10.5 Å². The molecular formula is C14H12BrFN2O2. The minimum Gasteiger partial charge on any atom is -0.457 e. The van der Waals surface area contributed by atoms with E-state index < -0.39 is 0 Å². The van der Waals surface area contributed by atoms with Crippen molar-refractivity contribution in [1.29, 1.82) is 0 Å². The average Bonchev–Trinajstić information content (AvgIpc) is 2.42. The third-order valence-corrected chi connectivity index (χ3v) is 3.36. The van der Waals surface area contributed by atoms with Gasteiger partial charge < -0.3 is 15.7 Å². The van der Waals surface area contributed by atoms with Crippen molar-refractivity contribution < 1.29 is 14.3 Å². The Kier molecular flexibility index (Phi) is 4.24. The molecule has 0 atom stereocenters. The Morgan fingerprint density at radius 3 is 2.50 bits per heavy atom. The van der Waals surface area contributed by atoms with Crippen LogP contribution >= 0.6 is 15.9 Å². The third-order valence-electron chi connectivity index (χ3n) is 2.70. The lowest BCUT2D eigenvalue weighted by molar-refractivity contribution is 0.318. The lowest BCUT2D eigenvalue weighted by Crippen LogP contribution is -2.13. The smallest absolute Gasteiger partial charge is 0.171 e. The van der Waals surface area contributed by atoms with Crippen molar-refractivity contribution in [2.45, 2.75) is 6.92 Å². The number of halogens is 2. The van der Waals surface area contributed by atoms with E-state index in [0.717, 1.165) is 0 Å². The van der Waals surface area contributed by atoms with Crippen LogP contribution in [0.2, 0.25) is 0 Å². The van der Waals surface area contributed by atoms with Gasteiger partial charge in [0.1, 0.15) is 17.3 Å². The Bertz CT molecular complexity index is 674. The van der Waals surface area contributed by atoms with Gasteiger partial charge in [0.05, 0.1) is 0 Å². The Morgan fingerprint density at radius 1 is 1.25 bits per heavy atom. The molecule has 2 aromatic rings. The first-order valence-corrected chi connectivity index (χ1v) is 6.52. The molecule has 4 nitrogen and oxygen atoms in total. The lowest BCUT2D eigenvalue weighted by atomic mass is 10.2. The van der Waals surface area contributed by atoms with Crippen LogP contribution in [0, 0.1) is 12.7 Å². The van der Waals surface area contributed by atoms with E-state index in [1.807, 2.05) is 0 Å². The van der Waals surface area contributed by atoms with Gasteiger partial charge in [0.15, 0.2) is 5.84 Å². The van der Waals surface area contributed by atoms with E-state index in [1.54, 1.807) is 37.3 Å². The molecule has 0 bridgehead atoms. The lowest BCUT2D eigenvalue weighted by Gasteiger charge is -2.09. The summed E-state index contributed by atoms with van der Waals surface area (Å²) in [7, 11) is 0. The Balaban J connectivity index is 2.26. The first-order valence-electron chi connectivity index (χ1n) is 5.72. The highest BCUT2D eigenvalue weighted by atomic mass is 79.9. The highest BCUT2D eigenvalue weighted by Gasteiger charge is 2.08. The van der Waals surface area contributed by atoms with Crippen molar-refractivity contribution in [2.75, 3.05) is 0 Å². The maximum absolute atomic E-state index is 13.4. The van der Waals surface area contributed by atoms with Crippen molar-refractivity contribution >= 4 is 21.8 Å². The molecule has 6 heteroatoms. The van der Waals surface area contributed by atoms with Crippen molar-refractivity contribution in [3.63, 3.8) is 0 Å². The van der Waals surface area contributed by atoms with Crippen LogP contribution in [-0.2, 0) is 0 Å². The summed E-state index contributed by atoms with van der Waals surface area (Å²) in [4.78, 5) is 0. The monoisotopic (exact) mass is 338 g/mol. The molecule has 3 N–H and O–H groups in total. The standard InChI is InChI=1S/C14H12BrFN2O2/c1-8-2-3-10(7-13(8)16)20-9-4-5-11(12(15)6-9)14(17)18-19/h2-7,19H,1H3,(H2,17,18). The number of nitrogens with zero attached hydrogens (tertiary/aromatic N) is 1. The fraction of sp³-hybridized carbons (Fsp3) is 0.0714. The summed E-state index contributed by atoms with van der Waals surface area (Å²) in [6.07, 6.45) is 0. The second kappa shape index (κ2) is 5.92. The summed E-state index contributed by atoms with van der Waals surface area (Å²) in [5.74, 6) is 0.575. The van der Waals surface area contributed by atoms with Gasteiger partial charge in [-0.3, -0.25) is 0 Å². The highest BCUT2D eigenvalue weighted by molar-refractivity contribution is 9.10. The average molecular weight is 339 g/mol. The molecule has 2 aromatic carbocycles. The molecule has 0 aliphatic heterocycles. The molecule has 0 heterocycles. The van der Waals surface area contributed by atoms with Crippen molar-refractivity contribution in [3.05, 3.63) is 57.8 Å². The molecule has 0 aliphatic rings. The molecule has 2 rings (SSSR count). The van der Waals surface area contributed by atoms with E-state index in [9.17, 15) is 4.39 Å². The quantitative estimate of drug-likeness (QED) is 0.387. The maximum atomic E-state index is 13.4. The van der Waals surface area contributed by atoms with Gasteiger partial charge in [0.2, 0.25) is 0 Å². The first-order chi connectivity index (χ1) is 9.51. The fourth-order valence-electron chi connectivity index (χ4n) is 1.59. The molecule has 0 fully saturated rings. The van der Waals surface area contributed by atoms with E-state index in [1.165, 1.54) is 6.07 Å². The Morgan fingerprint density at radius 2 is 1.90 bits per heavy atom. The number of hydrogen-bond donors (Lipinski definition) is 2. The summed E-state index contributed by atoms with van der Waals surface area (Å²) in [5.41, 5.74) is 6.61. The minimum absolute atomic E-state index is 0.00944. The largest absolute Gasteiger partial charge is 0.457 e. The molecule has 0 aromatic heterocycles. The first kappa shape index (κ1) is 14.3. The number of ether oxygens (including phenoxy) is 1. The number of amidine groups is 1. The van der Waals surface area contributed by atoms with Crippen LogP contribution in [0.25, 0.3) is 0 Å². The van der Waals surface area contributed by atoms with Gasteiger partial charge in [0, 0.05) is 16.1 Å². The minimum atomic E-state index is -0.324. The number of aryl methyl sites for hydroxylation is 1. The van der Waals surface area contributed by atoms with Crippen LogP contribution in [0.15, 0.2) is 46.0 Å². The van der Waals surface area contributed by atoms with E-state index in [-0.39, 0.29) is 11.7 Å². The number of oxime groups is 1. The van der Waals surface area contributed by atoms with Gasteiger partial charge in [-0.2, -0.15) is 0 Å². The third kappa shape index (κ3) is 3.08. The van der Waals surface area contributed by atoms with Crippen molar-refractivity contribution in [2.24, 2.45) is 10.9 Å². The van der Waals surface area contributed by atoms with E-state index in [2.05, 4.69) is 21.1 Å². The van der Waals surface area contributed by atoms with Gasteiger partial charge in [-0.25, -0.2) is 4.39 Å². The zero-order valence-corrected chi connectivity index (χ0v) is 12.2. The Hall–Kier alpha value is -2.08. The zero-order valence-electron chi connectivity index (χ0n) is 10.6. The Labute approximate surface area is 123 Å². The van der Waals surface area contributed by atoms with Gasteiger partial charge in [-0.05, 0) is 52.7 Å². The van der Waals surface area contributed by atoms with Gasteiger partial charge in [-0.1, -0.05) is 11.2 Å². The molecule has 104 valence electrons. The summed E-state index contributed by atoms with van der Waals surface area (Å²) in [6, 6.07) is 9.59. The summed E-state index contributed by atoms with van der Waals surface area (Å²) in [5, 5.41) is 11.6. The number of benzene rings is 2. The van der Waals surface area contributed by atoms with Crippen LogP contribution in [-0.4, -0.2) is 11.0 Å². The van der Waals surface area contributed by atoms with E-state index >= 15 is 0 Å². The van der Waals surface area contributed by atoms with Gasteiger partial charge in [-0.15, -0.1) is 0 Å². The topological polar surface area (TPSA) is 67.8 Å².